The van der Waals surface area contributed by atoms with Gasteiger partial charge in [-0.25, -0.2) is 0 Å². The molecule has 33 heavy (non-hydrogen) atoms. The molecular weight excluding hydrogens is 414 g/mol. The number of hydrogen-bond acceptors (Lipinski definition) is 4. The van der Waals surface area contributed by atoms with Gasteiger partial charge in [-0.1, -0.05) is 52.0 Å². The molecule has 6 atom stereocenters. The van der Waals surface area contributed by atoms with E-state index in [1.54, 1.807) is 6.08 Å². The van der Waals surface area contributed by atoms with Gasteiger partial charge in [-0.15, -0.1) is 0 Å². The molecule has 0 aromatic heterocycles. The molecule has 1 spiro atoms. The Kier molecular flexibility index (Phi) is 4.94. The van der Waals surface area contributed by atoms with E-state index in [4.69, 9.17) is 4.74 Å². The van der Waals surface area contributed by atoms with Crippen molar-refractivity contribution in [3.05, 3.63) is 42.5 Å². The number of anilines is 1. The van der Waals surface area contributed by atoms with Gasteiger partial charge in [0.25, 0.3) is 0 Å². The lowest BCUT2D eigenvalue weighted by atomic mass is 9.35. The Morgan fingerprint density at radius 2 is 1.73 bits per heavy atom. The smallest absolute Gasteiger partial charge is 0.306 e. The average molecular weight is 450 g/mol. The molecular formula is C28H35NO4. The molecule has 2 saturated carbocycles. The molecule has 1 amide bonds. The van der Waals surface area contributed by atoms with E-state index in [-0.39, 0.29) is 59.3 Å². The highest BCUT2D eigenvalue weighted by Crippen LogP contribution is 2.72. The minimum absolute atomic E-state index is 0.0401. The van der Waals surface area contributed by atoms with Gasteiger partial charge in [0.15, 0.2) is 5.78 Å². The Balaban J connectivity index is 1.56. The Labute approximate surface area is 196 Å². The van der Waals surface area contributed by atoms with Crippen LogP contribution in [0, 0.1) is 39.4 Å². The standard InChI is InChI=1S/C28H35NO4/c1-25(2)14-13-22(30)27(4)20(25)12-15-26(3)21(27)11-10-19(28(26)16-23(31)33-17-28)24(32)29-18-8-6-5-7-9-18/h5-9,13-14,19-21H,10-12,15-17H2,1-4H3,(H,29,32)/t19-,20?,21+,26-,27+,28+/m1/s1. The highest BCUT2D eigenvalue weighted by molar-refractivity contribution is 5.97. The van der Waals surface area contributed by atoms with Gasteiger partial charge in [0.1, 0.15) is 0 Å². The number of fused-ring (bicyclic) bond motifs is 4. The number of benzene rings is 1. The summed E-state index contributed by atoms with van der Waals surface area (Å²) in [6, 6.07) is 9.49. The first kappa shape index (κ1) is 22.4. The van der Waals surface area contributed by atoms with Gasteiger partial charge in [0.05, 0.1) is 13.0 Å². The maximum absolute atomic E-state index is 13.6. The monoisotopic (exact) mass is 449 g/mol. The van der Waals surface area contributed by atoms with Crippen molar-refractivity contribution in [3.8, 4) is 0 Å². The van der Waals surface area contributed by atoms with Crippen molar-refractivity contribution in [1.29, 1.82) is 0 Å². The first-order valence-corrected chi connectivity index (χ1v) is 12.3. The molecule has 0 radical (unpaired) electrons. The van der Waals surface area contributed by atoms with Crippen molar-refractivity contribution in [2.24, 2.45) is 39.4 Å². The zero-order valence-corrected chi connectivity index (χ0v) is 20.1. The van der Waals surface area contributed by atoms with Crippen LogP contribution in [0.1, 0.15) is 59.8 Å². The number of amides is 1. The second-order valence-corrected chi connectivity index (χ2v) is 11.8. The average Bonchev–Trinajstić information content (AvgIpc) is 3.16. The third-order valence-electron chi connectivity index (χ3n) is 10.1. The fourth-order valence-corrected chi connectivity index (χ4v) is 8.41. The summed E-state index contributed by atoms with van der Waals surface area (Å²) in [4.78, 5) is 39.7. The normalized spacial score (nSPS) is 41.3. The Morgan fingerprint density at radius 1 is 1.00 bits per heavy atom. The third kappa shape index (κ3) is 3.00. The van der Waals surface area contributed by atoms with E-state index in [2.05, 4.69) is 39.1 Å². The van der Waals surface area contributed by atoms with Crippen LogP contribution in [-0.4, -0.2) is 24.3 Å². The fourth-order valence-electron chi connectivity index (χ4n) is 8.41. The second-order valence-electron chi connectivity index (χ2n) is 11.8. The number of para-hydroxylation sites is 1. The molecule has 1 aromatic carbocycles. The van der Waals surface area contributed by atoms with Gasteiger partial charge in [-0.3, -0.25) is 14.4 Å². The van der Waals surface area contributed by atoms with Crippen LogP contribution in [0.2, 0.25) is 0 Å². The number of rotatable bonds is 2. The van der Waals surface area contributed by atoms with Crippen molar-refractivity contribution in [2.45, 2.75) is 59.8 Å². The number of ether oxygens (including phenoxy) is 1. The van der Waals surface area contributed by atoms with E-state index in [9.17, 15) is 14.4 Å². The van der Waals surface area contributed by atoms with E-state index < -0.39 is 10.8 Å². The topological polar surface area (TPSA) is 72.5 Å². The molecule has 1 N–H and O–H groups in total. The molecule has 5 rings (SSSR count). The first-order chi connectivity index (χ1) is 15.5. The van der Waals surface area contributed by atoms with Crippen LogP contribution in [0.5, 0.6) is 0 Å². The largest absolute Gasteiger partial charge is 0.465 e. The lowest BCUT2D eigenvalue weighted by molar-refractivity contribution is -0.197. The third-order valence-corrected chi connectivity index (χ3v) is 10.1. The maximum atomic E-state index is 13.6. The SMILES string of the molecule is CC1(C)C=CC(=O)[C@@]2(C)C1CC[C@]1(C)[C@@H]2CC[C@H](C(=O)Nc2ccccc2)[C@]12COC(=O)C2. The lowest BCUT2D eigenvalue weighted by Gasteiger charge is -2.67. The molecule has 0 bridgehead atoms. The number of allylic oxidation sites excluding steroid dienone is 2. The van der Waals surface area contributed by atoms with Crippen LogP contribution >= 0.6 is 0 Å². The van der Waals surface area contributed by atoms with Crippen molar-refractivity contribution < 1.29 is 19.1 Å². The molecule has 5 heteroatoms. The van der Waals surface area contributed by atoms with E-state index in [0.29, 0.717) is 6.42 Å². The number of carbonyl (C=O) groups excluding carboxylic acids is 3. The van der Waals surface area contributed by atoms with Gasteiger partial charge < -0.3 is 10.1 Å². The summed E-state index contributed by atoms with van der Waals surface area (Å²) < 4.78 is 5.61. The van der Waals surface area contributed by atoms with E-state index in [1.807, 2.05) is 30.3 Å². The summed E-state index contributed by atoms with van der Waals surface area (Å²) in [7, 11) is 0. The summed E-state index contributed by atoms with van der Waals surface area (Å²) >= 11 is 0. The molecule has 1 aromatic rings. The Bertz CT molecular complexity index is 1030. The quantitative estimate of drug-likeness (QED) is 0.632. The van der Waals surface area contributed by atoms with Gasteiger partial charge >= 0.3 is 5.97 Å². The Hall–Kier alpha value is -2.43. The van der Waals surface area contributed by atoms with Gasteiger partial charge in [0, 0.05) is 22.4 Å². The highest BCUT2D eigenvalue weighted by atomic mass is 16.5. The summed E-state index contributed by atoms with van der Waals surface area (Å²) in [6.45, 7) is 9.13. The maximum Gasteiger partial charge on any atom is 0.306 e. The van der Waals surface area contributed by atoms with Gasteiger partial charge in [-0.2, -0.15) is 0 Å². The van der Waals surface area contributed by atoms with E-state index in [0.717, 1.165) is 24.9 Å². The van der Waals surface area contributed by atoms with Crippen molar-refractivity contribution in [1.82, 2.24) is 0 Å². The molecule has 1 aliphatic heterocycles. The number of esters is 1. The number of hydrogen-bond donors (Lipinski definition) is 1. The van der Waals surface area contributed by atoms with Crippen LogP contribution in [0.4, 0.5) is 5.69 Å². The summed E-state index contributed by atoms with van der Waals surface area (Å²) in [5, 5.41) is 3.09. The predicted octanol–water partition coefficient (Wildman–Crippen LogP) is 5.17. The van der Waals surface area contributed by atoms with Crippen molar-refractivity contribution in [3.63, 3.8) is 0 Å². The van der Waals surface area contributed by atoms with Crippen LogP contribution < -0.4 is 5.32 Å². The second kappa shape index (κ2) is 7.28. The van der Waals surface area contributed by atoms with Gasteiger partial charge in [-0.05, 0) is 66.6 Å². The molecule has 1 heterocycles. The van der Waals surface area contributed by atoms with E-state index >= 15 is 0 Å². The molecule has 1 saturated heterocycles. The lowest BCUT2D eigenvalue weighted by Crippen LogP contribution is -2.66. The summed E-state index contributed by atoms with van der Waals surface area (Å²) in [5.74, 6) is -0.0252. The minimum atomic E-state index is -0.592. The summed E-state index contributed by atoms with van der Waals surface area (Å²) in [5.41, 5.74) is -0.713. The zero-order valence-electron chi connectivity index (χ0n) is 20.1. The number of carbonyl (C=O) groups is 3. The van der Waals surface area contributed by atoms with Crippen molar-refractivity contribution in [2.75, 3.05) is 11.9 Å². The summed E-state index contributed by atoms with van der Waals surface area (Å²) in [6.07, 6.45) is 7.41. The minimum Gasteiger partial charge on any atom is -0.465 e. The Morgan fingerprint density at radius 3 is 2.39 bits per heavy atom. The number of cyclic esters (lactones) is 1. The van der Waals surface area contributed by atoms with E-state index in [1.165, 1.54) is 0 Å². The zero-order chi connectivity index (χ0) is 23.6. The van der Waals surface area contributed by atoms with Crippen molar-refractivity contribution >= 4 is 23.3 Å². The van der Waals surface area contributed by atoms with Gasteiger partial charge in [0.2, 0.25) is 5.91 Å². The predicted molar refractivity (Wildman–Crippen MR) is 126 cm³/mol. The number of nitrogens with one attached hydrogen (secondary N) is 1. The first-order valence-electron chi connectivity index (χ1n) is 12.3. The number of ketones is 1. The highest BCUT2D eigenvalue weighted by Gasteiger charge is 2.71. The molecule has 176 valence electrons. The fraction of sp³-hybridized carbons (Fsp3) is 0.607. The molecule has 4 aliphatic rings. The van der Waals surface area contributed by atoms with Crippen LogP contribution in [0.3, 0.4) is 0 Å². The molecule has 3 aliphatic carbocycles. The molecule has 5 nitrogen and oxygen atoms in total. The molecule has 3 fully saturated rings. The van der Waals surface area contributed by atoms with Crippen LogP contribution in [-0.2, 0) is 19.1 Å². The van der Waals surface area contributed by atoms with Crippen LogP contribution in [0.25, 0.3) is 0 Å². The van der Waals surface area contributed by atoms with Crippen LogP contribution in [0.15, 0.2) is 42.5 Å². The molecule has 1 unspecified atom stereocenters.